The lowest BCUT2D eigenvalue weighted by Crippen LogP contribution is -2.27. The van der Waals surface area contributed by atoms with Gasteiger partial charge in [0.1, 0.15) is 17.2 Å². The Balaban J connectivity index is 1.80. The Morgan fingerprint density at radius 3 is 2.37 bits per heavy atom. The van der Waals surface area contributed by atoms with Crippen molar-refractivity contribution >= 4 is 34.3 Å². The molecule has 0 aliphatic carbocycles. The van der Waals surface area contributed by atoms with Crippen LogP contribution in [0.1, 0.15) is 32.0 Å². The molecule has 0 aliphatic rings. The van der Waals surface area contributed by atoms with E-state index in [1.54, 1.807) is 33.8 Å². The van der Waals surface area contributed by atoms with Crippen molar-refractivity contribution in [3.05, 3.63) is 59.3 Å². The topological polar surface area (TPSA) is 83.2 Å². The number of halogens is 2. The van der Waals surface area contributed by atoms with Crippen molar-refractivity contribution in [2.45, 2.75) is 39.7 Å². The lowest BCUT2D eigenvalue weighted by Gasteiger charge is -2.20. The first-order valence-corrected chi connectivity index (χ1v) is 9.38. The molecule has 0 saturated carbocycles. The molecule has 0 atom stereocenters. The lowest BCUT2D eigenvalue weighted by atomic mass is 10.1. The summed E-state index contributed by atoms with van der Waals surface area (Å²) in [5.74, 6) is -1.43. The lowest BCUT2D eigenvalue weighted by molar-refractivity contribution is -0.115. The smallest absolute Gasteiger partial charge is 0.412 e. The summed E-state index contributed by atoms with van der Waals surface area (Å²) in [6.07, 6.45) is -0.787. The van der Waals surface area contributed by atoms with E-state index in [4.69, 9.17) is 4.74 Å². The SMILES string of the molecule is Cc1[nH]c2ccc(F)cc2c1CC(=O)Nc1cc(F)ccc1NC(=O)OC(C)(C)C. The average molecular weight is 415 g/mol. The van der Waals surface area contributed by atoms with E-state index in [1.807, 2.05) is 0 Å². The standard InChI is InChI=1S/C22H23F2N3O3/c1-12-15(16-9-13(23)5-7-17(16)25-12)11-20(28)26-19-10-14(24)6-8-18(19)27-21(29)30-22(2,3)4/h5-10,25H,11H2,1-4H3,(H,26,28)(H,27,29). The Bertz CT molecular complexity index is 1120. The molecule has 0 fully saturated rings. The second kappa shape index (κ2) is 8.14. The number of ether oxygens (including phenoxy) is 1. The van der Waals surface area contributed by atoms with Crippen molar-refractivity contribution in [2.24, 2.45) is 0 Å². The molecular formula is C22H23F2N3O3. The number of H-pyrrole nitrogens is 1. The number of hydrogen-bond acceptors (Lipinski definition) is 3. The predicted octanol–water partition coefficient (Wildman–Crippen LogP) is 5.28. The molecule has 30 heavy (non-hydrogen) atoms. The molecule has 0 spiro atoms. The van der Waals surface area contributed by atoms with Crippen LogP contribution in [0.25, 0.3) is 10.9 Å². The number of aromatic nitrogens is 1. The highest BCUT2D eigenvalue weighted by Crippen LogP contribution is 2.26. The fourth-order valence-corrected chi connectivity index (χ4v) is 3.08. The number of rotatable bonds is 4. The van der Waals surface area contributed by atoms with Gasteiger partial charge in [-0.05, 0) is 69.7 Å². The summed E-state index contributed by atoms with van der Waals surface area (Å²) in [5, 5.41) is 5.72. The predicted molar refractivity (Wildman–Crippen MR) is 112 cm³/mol. The maximum absolute atomic E-state index is 13.8. The first kappa shape index (κ1) is 21.3. The fraction of sp³-hybridized carbons (Fsp3) is 0.273. The Labute approximate surface area is 172 Å². The quantitative estimate of drug-likeness (QED) is 0.542. The second-order valence-corrected chi connectivity index (χ2v) is 7.96. The molecule has 1 aromatic heterocycles. The number of aryl methyl sites for hydroxylation is 1. The van der Waals surface area contributed by atoms with E-state index in [0.717, 1.165) is 23.3 Å². The molecule has 0 saturated heterocycles. The van der Waals surface area contributed by atoms with Gasteiger partial charge in [-0.25, -0.2) is 13.6 Å². The third-order valence-corrected chi connectivity index (χ3v) is 4.31. The van der Waals surface area contributed by atoms with Gasteiger partial charge >= 0.3 is 6.09 Å². The fourth-order valence-electron chi connectivity index (χ4n) is 3.08. The molecule has 0 aliphatic heterocycles. The number of aromatic amines is 1. The van der Waals surface area contributed by atoms with Crippen LogP contribution in [0.2, 0.25) is 0 Å². The van der Waals surface area contributed by atoms with Crippen LogP contribution in [0.4, 0.5) is 25.0 Å². The van der Waals surface area contributed by atoms with Gasteiger partial charge in [0, 0.05) is 16.6 Å². The zero-order chi connectivity index (χ0) is 22.1. The Hall–Kier alpha value is -3.42. The summed E-state index contributed by atoms with van der Waals surface area (Å²) < 4.78 is 32.6. The number of anilines is 2. The normalized spacial score (nSPS) is 11.4. The van der Waals surface area contributed by atoms with E-state index in [9.17, 15) is 18.4 Å². The summed E-state index contributed by atoms with van der Waals surface area (Å²) in [6.45, 7) is 6.93. The van der Waals surface area contributed by atoms with Gasteiger partial charge in [0.05, 0.1) is 17.8 Å². The molecule has 3 N–H and O–H groups in total. The third-order valence-electron chi connectivity index (χ3n) is 4.31. The largest absolute Gasteiger partial charge is 0.444 e. The van der Waals surface area contributed by atoms with Crippen molar-refractivity contribution in [3.63, 3.8) is 0 Å². The molecule has 6 nitrogen and oxygen atoms in total. The van der Waals surface area contributed by atoms with E-state index < -0.39 is 29.2 Å². The number of carbonyl (C=O) groups is 2. The molecule has 1 heterocycles. The van der Waals surface area contributed by atoms with Gasteiger partial charge in [-0.1, -0.05) is 0 Å². The first-order valence-electron chi connectivity index (χ1n) is 9.38. The van der Waals surface area contributed by atoms with E-state index in [2.05, 4.69) is 15.6 Å². The number of carbonyl (C=O) groups excluding carboxylic acids is 2. The van der Waals surface area contributed by atoms with Crippen molar-refractivity contribution in [1.29, 1.82) is 0 Å². The van der Waals surface area contributed by atoms with Crippen molar-refractivity contribution in [2.75, 3.05) is 10.6 Å². The Morgan fingerprint density at radius 2 is 1.67 bits per heavy atom. The van der Waals surface area contributed by atoms with Crippen LogP contribution >= 0.6 is 0 Å². The summed E-state index contributed by atoms with van der Waals surface area (Å²) in [6, 6.07) is 7.90. The Kier molecular flexibility index (Phi) is 5.78. The van der Waals surface area contributed by atoms with E-state index in [0.29, 0.717) is 10.9 Å². The van der Waals surface area contributed by atoms with Crippen LogP contribution in [0.5, 0.6) is 0 Å². The number of nitrogens with one attached hydrogen (secondary N) is 3. The minimum absolute atomic E-state index is 0.0579. The van der Waals surface area contributed by atoms with Crippen LogP contribution in [0, 0.1) is 18.6 Å². The Morgan fingerprint density at radius 1 is 1.00 bits per heavy atom. The van der Waals surface area contributed by atoms with E-state index in [-0.39, 0.29) is 17.8 Å². The molecule has 0 radical (unpaired) electrons. The molecule has 2 aromatic carbocycles. The molecule has 158 valence electrons. The molecule has 0 bridgehead atoms. The van der Waals surface area contributed by atoms with Gasteiger partial charge in [0.25, 0.3) is 0 Å². The summed E-state index contributed by atoms with van der Waals surface area (Å²) in [5.41, 5.74) is 1.66. The molecule has 2 amide bonds. The second-order valence-electron chi connectivity index (χ2n) is 7.96. The summed E-state index contributed by atoms with van der Waals surface area (Å²) >= 11 is 0. The van der Waals surface area contributed by atoms with Gasteiger partial charge in [-0.15, -0.1) is 0 Å². The van der Waals surface area contributed by atoms with E-state index in [1.165, 1.54) is 18.2 Å². The third kappa shape index (κ3) is 5.14. The summed E-state index contributed by atoms with van der Waals surface area (Å²) in [4.78, 5) is 27.8. The van der Waals surface area contributed by atoms with E-state index >= 15 is 0 Å². The van der Waals surface area contributed by atoms with Crippen LogP contribution < -0.4 is 10.6 Å². The molecule has 8 heteroatoms. The summed E-state index contributed by atoms with van der Waals surface area (Å²) in [7, 11) is 0. The number of amides is 2. The minimum Gasteiger partial charge on any atom is -0.444 e. The van der Waals surface area contributed by atoms with Gasteiger partial charge in [-0.3, -0.25) is 10.1 Å². The van der Waals surface area contributed by atoms with Gasteiger partial charge < -0.3 is 15.0 Å². The number of benzene rings is 2. The van der Waals surface area contributed by atoms with Crippen LogP contribution in [0.3, 0.4) is 0 Å². The maximum Gasteiger partial charge on any atom is 0.412 e. The highest BCUT2D eigenvalue weighted by atomic mass is 19.1. The molecule has 3 aromatic rings. The molecule has 0 unspecified atom stereocenters. The van der Waals surface area contributed by atoms with Crippen LogP contribution in [-0.4, -0.2) is 22.6 Å². The van der Waals surface area contributed by atoms with Crippen molar-refractivity contribution < 1.29 is 23.1 Å². The van der Waals surface area contributed by atoms with Crippen LogP contribution in [0.15, 0.2) is 36.4 Å². The minimum atomic E-state index is -0.729. The van der Waals surface area contributed by atoms with Crippen molar-refractivity contribution in [3.8, 4) is 0 Å². The molecule has 3 rings (SSSR count). The number of hydrogen-bond donors (Lipinski definition) is 3. The molecular weight excluding hydrogens is 392 g/mol. The average Bonchev–Trinajstić information content (AvgIpc) is 2.91. The maximum atomic E-state index is 13.8. The highest BCUT2D eigenvalue weighted by Gasteiger charge is 2.19. The zero-order valence-electron chi connectivity index (χ0n) is 17.2. The highest BCUT2D eigenvalue weighted by molar-refractivity contribution is 6.00. The van der Waals surface area contributed by atoms with Gasteiger partial charge in [0.15, 0.2) is 0 Å². The zero-order valence-corrected chi connectivity index (χ0v) is 17.2. The monoisotopic (exact) mass is 415 g/mol. The van der Waals surface area contributed by atoms with Gasteiger partial charge in [0.2, 0.25) is 5.91 Å². The first-order chi connectivity index (χ1) is 14.0. The van der Waals surface area contributed by atoms with Crippen LogP contribution in [-0.2, 0) is 16.0 Å². The number of fused-ring (bicyclic) bond motifs is 1. The van der Waals surface area contributed by atoms with Crippen molar-refractivity contribution in [1.82, 2.24) is 4.98 Å². The van der Waals surface area contributed by atoms with Gasteiger partial charge in [-0.2, -0.15) is 0 Å².